The number of carbonyl (C=O) groups is 2. The van der Waals surface area contributed by atoms with Crippen LogP contribution < -0.4 is 9.77 Å². The molecule has 9 nitrogen and oxygen atoms in total. The minimum Gasteiger partial charge on any atom is -0.508 e. The number of thioether (sulfide) groups is 1. The van der Waals surface area contributed by atoms with Crippen LogP contribution in [0.1, 0.15) is 22.8 Å². The Balaban J connectivity index is 1.31. The maximum absolute atomic E-state index is 13.7. The first kappa shape index (κ1) is 21.8. The third-order valence-electron chi connectivity index (χ3n) is 8.31. The number of nitrogens with zero attached hydrogens (tertiary/aromatic N) is 2. The van der Waals surface area contributed by atoms with Gasteiger partial charge in [0, 0.05) is 33.7 Å². The maximum atomic E-state index is 13.7. The summed E-state index contributed by atoms with van der Waals surface area (Å²) in [6, 6.07) is 12.6. The van der Waals surface area contributed by atoms with Crippen LogP contribution in [-0.4, -0.2) is 32.1 Å². The van der Waals surface area contributed by atoms with Crippen molar-refractivity contribution in [1.29, 1.82) is 0 Å². The number of rotatable bonds is 3. The van der Waals surface area contributed by atoms with E-state index in [1.165, 1.54) is 29.2 Å². The number of hydrogen-bond acceptors (Lipinski definition) is 8. The molecule has 7 atom stereocenters. The number of imide groups is 1. The maximum Gasteiger partial charge on any atom is 0.305 e. The standard InChI is InChI=1S/C25H19N3O6S2/c29-15-4-2-1-3-12(15)16-17-13-9-14(20(17)35-22-21(16)36-25(32)26-22)19-18(13)23(30)27(24(19)31)10-5-7-11(8-6-10)28(33)34/h1-8,13-14,16-20,29H,9H2,(H,26,32)/t13?,14?,16-,17?,18?,19?,20?/m1/s1. The first-order valence-electron chi connectivity index (χ1n) is 11.6. The van der Waals surface area contributed by atoms with E-state index in [1.807, 2.05) is 12.1 Å². The number of amides is 2. The van der Waals surface area contributed by atoms with Gasteiger partial charge in [0.2, 0.25) is 11.8 Å². The quantitative estimate of drug-likeness (QED) is 0.305. The van der Waals surface area contributed by atoms with Crippen molar-refractivity contribution in [2.45, 2.75) is 22.6 Å². The second-order valence-electron chi connectivity index (χ2n) is 9.80. The molecule has 3 fully saturated rings. The first-order valence-corrected chi connectivity index (χ1v) is 13.3. The minimum atomic E-state index is -0.517. The van der Waals surface area contributed by atoms with Crippen molar-refractivity contribution in [3.63, 3.8) is 0 Å². The summed E-state index contributed by atoms with van der Waals surface area (Å²) in [6.07, 6.45) is 0.743. The Morgan fingerprint density at radius 2 is 1.69 bits per heavy atom. The number of phenolic OH excluding ortho intramolecular Hbond substituents is 1. The summed E-state index contributed by atoms with van der Waals surface area (Å²) in [5, 5.41) is 22.6. The van der Waals surface area contributed by atoms with E-state index in [4.69, 9.17) is 0 Å². The fourth-order valence-corrected chi connectivity index (χ4v) is 9.97. The highest BCUT2D eigenvalue weighted by Gasteiger charge is 2.69. The second-order valence-corrected chi connectivity index (χ2v) is 12.0. The van der Waals surface area contributed by atoms with E-state index in [0.717, 1.165) is 33.2 Å². The molecular formula is C25H19N3O6S2. The molecule has 1 aromatic heterocycles. The van der Waals surface area contributed by atoms with Gasteiger partial charge in [0.1, 0.15) is 5.75 Å². The summed E-state index contributed by atoms with van der Waals surface area (Å²) in [5.74, 6) is -1.68. The Kier molecular flexibility index (Phi) is 4.56. The molecule has 0 spiro atoms. The Hall–Kier alpha value is -3.44. The Morgan fingerprint density at radius 3 is 2.39 bits per heavy atom. The SMILES string of the molecule is O=C1C2C3CC(C2C(=O)N1c1ccc([N+](=O)[O-])cc1)C1C3Sc2[nH]c(=O)sc2[C@@H]1c1ccccc1O. The van der Waals surface area contributed by atoms with Crippen LogP contribution in [0.4, 0.5) is 11.4 Å². The van der Waals surface area contributed by atoms with Gasteiger partial charge in [0.25, 0.3) is 5.69 Å². The van der Waals surface area contributed by atoms with Crippen LogP contribution in [0.3, 0.4) is 0 Å². The lowest BCUT2D eigenvalue weighted by atomic mass is 9.68. The van der Waals surface area contributed by atoms with E-state index in [9.17, 15) is 29.6 Å². The van der Waals surface area contributed by atoms with Crippen molar-refractivity contribution < 1.29 is 19.6 Å². The Morgan fingerprint density at radius 1 is 1.00 bits per heavy atom. The van der Waals surface area contributed by atoms with Gasteiger partial charge in [-0.25, -0.2) is 0 Å². The summed E-state index contributed by atoms with van der Waals surface area (Å²) in [6.45, 7) is 0. The van der Waals surface area contributed by atoms with Crippen LogP contribution in [0.2, 0.25) is 0 Å². The van der Waals surface area contributed by atoms with Crippen LogP contribution in [-0.2, 0) is 9.59 Å². The van der Waals surface area contributed by atoms with E-state index < -0.39 is 16.8 Å². The number of hydrogen-bond donors (Lipinski definition) is 2. The number of phenols is 1. The molecule has 2 aromatic carbocycles. The van der Waals surface area contributed by atoms with Gasteiger partial charge in [-0.1, -0.05) is 29.5 Å². The lowest BCUT2D eigenvalue weighted by Crippen LogP contribution is -2.42. The lowest BCUT2D eigenvalue weighted by molar-refractivity contribution is -0.384. The molecule has 3 heterocycles. The number of aromatic amines is 1. The van der Waals surface area contributed by atoms with Crippen molar-refractivity contribution in [3.05, 3.63) is 78.8 Å². The van der Waals surface area contributed by atoms with E-state index in [0.29, 0.717) is 5.69 Å². The van der Waals surface area contributed by atoms with Gasteiger partial charge in [-0.15, -0.1) is 11.8 Å². The molecular weight excluding hydrogens is 502 g/mol. The summed E-state index contributed by atoms with van der Waals surface area (Å²) in [7, 11) is 0. The number of benzene rings is 2. The molecule has 2 saturated carbocycles. The number of nitro groups is 1. The molecule has 2 aliphatic heterocycles. The van der Waals surface area contributed by atoms with Crippen molar-refractivity contribution in [2.24, 2.45) is 29.6 Å². The minimum absolute atomic E-state index is 0.0120. The van der Waals surface area contributed by atoms with Gasteiger partial charge < -0.3 is 10.1 Å². The number of non-ortho nitro benzene ring substituents is 1. The molecule has 2 bridgehead atoms. The monoisotopic (exact) mass is 521 g/mol. The molecule has 0 radical (unpaired) electrons. The molecule has 36 heavy (non-hydrogen) atoms. The van der Waals surface area contributed by atoms with Crippen molar-refractivity contribution >= 4 is 46.3 Å². The Bertz CT molecular complexity index is 1510. The number of thiazole rings is 1. The van der Waals surface area contributed by atoms with Crippen LogP contribution >= 0.6 is 23.1 Å². The topological polar surface area (TPSA) is 134 Å². The average molecular weight is 522 g/mol. The summed E-state index contributed by atoms with van der Waals surface area (Å²) < 4.78 is 0. The molecule has 6 unspecified atom stereocenters. The number of fused-ring (bicyclic) bond motifs is 9. The highest BCUT2D eigenvalue weighted by molar-refractivity contribution is 8.00. The van der Waals surface area contributed by atoms with Crippen LogP contribution in [0.25, 0.3) is 0 Å². The summed E-state index contributed by atoms with van der Waals surface area (Å²) >= 11 is 2.73. The van der Waals surface area contributed by atoms with Crippen LogP contribution in [0.15, 0.2) is 58.4 Å². The zero-order valence-corrected chi connectivity index (χ0v) is 20.2. The van der Waals surface area contributed by atoms with Gasteiger partial charge >= 0.3 is 4.87 Å². The third kappa shape index (κ3) is 2.81. The first-order chi connectivity index (χ1) is 17.3. The van der Waals surface area contributed by atoms with Crippen LogP contribution in [0.5, 0.6) is 5.75 Å². The predicted molar refractivity (Wildman–Crippen MR) is 132 cm³/mol. The number of nitro benzene ring substituents is 1. The van der Waals surface area contributed by atoms with Gasteiger partial charge in [-0.2, -0.15) is 0 Å². The van der Waals surface area contributed by atoms with E-state index in [-0.39, 0.29) is 57.0 Å². The summed E-state index contributed by atoms with van der Waals surface area (Å²) in [5.41, 5.74) is 0.976. The normalized spacial score (nSPS) is 31.9. The number of aromatic nitrogens is 1. The zero-order valence-electron chi connectivity index (χ0n) is 18.6. The number of nitrogens with one attached hydrogen (secondary N) is 1. The fourth-order valence-electron chi connectivity index (χ4n) is 7.09. The molecule has 7 rings (SSSR count). The number of H-pyrrole nitrogens is 1. The molecule has 2 aliphatic carbocycles. The van der Waals surface area contributed by atoms with Crippen molar-refractivity contribution in [3.8, 4) is 5.75 Å². The third-order valence-corrected chi connectivity index (χ3v) is 10.9. The molecule has 2 amide bonds. The van der Waals surface area contributed by atoms with Gasteiger partial charge in [0.15, 0.2) is 0 Å². The number of carbonyl (C=O) groups excluding carboxylic acids is 2. The predicted octanol–water partition coefficient (Wildman–Crippen LogP) is 3.73. The van der Waals surface area contributed by atoms with Crippen molar-refractivity contribution in [2.75, 3.05) is 4.90 Å². The van der Waals surface area contributed by atoms with E-state index >= 15 is 0 Å². The highest BCUT2D eigenvalue weighted by atomic mass is 32.2. The zero-order chi connectivity index (χ0) is 24.9. The van der Waals surface area contributed by atoms with Gasteiger partial charge in [-0.3, -0.25) is 29.4 Å². The number of para-hydroxylation sites is 1. The van der Waals surface area contributed by atoms with Crippen LogP contribution in [0, 0.1) is 39.7 Å². The second kappa shape index (κ2) is 7.53. The van der Waals surface area contributed by atoms with E-state index in [2.05, 4.69) is 4.98 Å². The fraction of sp³-hybridized carbons (Fsp3) is 0.320. The van der Waals surface area contributed by atoms with E-state index in [1.54, 1.807) is 23.9 Å². The molecule has 1 saturated heterocycles. The largest absolute Gasteiger partial charge is 0.508 e. The summed E-state index contributed by atoms with van der Waals surface area (Å²) in [4.78, 5) is 55.0. The van der Waals surface area contributed by atoms with Gasteiger partial charge in [-0.05, 0) is 42.4 Å². The Labute approximate surface area is 212 Å². The highest BCUT2D eigenvalue weighted by Crippen LogP contribution is 2.69. The molecule has 2 N–H and O–H groups in total. The number of aromatic hydroxyl groups is 1. The smallest absolute Gasteiger partial charge is 0.305 e. The molecule has 11 heteroatoms. The van der Waals surface area contributed by atoms with Crippen molar-refractivity contribution in [1.82, 2.24) is 4.98 Å². The average Bonchev–Trinajstić information content (AvgIpc) is 3.58. The molecule has 3 aromatic rings. The molecule has 4 aliphatic rings. The molecule has 182 valence electrons. The lowest BCUT2D eigenvalue weighted by Gasteiger charge is -2.43. The van der Waals surface area contributed by atoms with Gasteiger partial charge in [0.05, 0.1) is 27.5 Å². The number of anilines is 1.